The molecule has 2 heteroatoms. The Morgan fingerprint density at radius 1 is 1.64 bits per heavy atom. The molecular weight excluding hydrogens is 140 g/mol. The fraction of sp³-hybridized carbons (Fsp3) is 0.778. The van der Waals surface area contributed by atoms with Crippen LogP contribution in [0.1, 0.15) is 32.6 Å². The van der Waals surface area contributed by atoms with Crippen molar-refractivity contribution >= 4 is 5.97 Å². The number of carbonyl (C=O) groups excluding carboxylic acids is 1. The third-order valence-corrected chi connectivity index (χ3v) is 2.08. The summed E-state index contributed by atoms with van der Waals surface area (Å²) in [6.45, 7) is 2.51. The van der Waals surface area contributed by atoms with Crippen LogP contribution in [0.25, 0.3) is 0 Å². The highest BCUT2D eigenvalue weighted by Crippen LogP contribution is 2.26. The monoisotopic (exact) mass is 155 g/mol. The van der Waals surface area contributed by atoms with Crippen LogP contribution in [0.4, 0.5) is 0 Å². The Bertz CT molecular complexity index is 128. The molecule has 0 atom stereocenters. The highest BCUT2D eigenvalue weighted by atomic mass is 16.5. The van der Waals surface area contributed by atoms with E-state index in [4.69, 9.17) is 4.74 Å². The highest BCUT2D eigenvalue weighted by molar-refractivity contribution is 5.70. The van der Waals surface area contributed by atoms with Crippen LogP contribution in [0, 0.1) is 12.3 Å². The van der Waals surface area contributed by atoms with Crippen molar-refractivity contribution in [2.45, 2.75) is 32.6 Å². The quantitative estimate of drug-likeness (QED) is 0.580. The number of hydrogen-bond donors (Lipinski definition) is 0. The van der Waals surface area contributed by atoms with Gasteiger partial charge in [-0.2, -0.15) is 0 Å². The lowest BCUT2D eigenvalue weighted by atomic mass is 9.86. The molecule has 0 saturated heterocycles. The van der Waals surface area contributed by atoms with Crippen molar-refractivity contribution in [2.24, 2.45) is 5.92 Å². The van der Waals surface area contributed by atoms with Gasteiger partial charge in [-0.3, -0.25) is 4.79 Å². The molecule has 1 saturated carbocycles. The van der Waals surface area contributed by atoms with Gasteiger partial charge in [0.15, 0.2) is 0 Å². The first-order valence-electron chi connectivity index (χ1n) is 4.26. The molecule has 0 spiro atoms. The number of rotatable bonds is 4. The standard InChI is InChI=1S/C9H15O2/c1-2-4-9(10)11-7-8-5-3-6-8/h2,8H,3-7H2,1H3. The van der Waals surface area contributed by atoms with Gasteiger partial charge in [-0.1, -0.05) is 13.3 Å². The van der Waals surface area contributed by atoms with Crippen LogP contribution in [0.15, 0.2) is 0 Å². The molecule has 0 N–H and O–H groups in total. The smallest absolute Gasteiger partial charge is 0.306 e. The van der Waals surface area contributed by atoms with Crippen molar-refractivity contribution < 1.29 is 9.53 Å². The van der Waals surface area contributed by atoms with Gasteiger partial charge in [0.2, 0.25) is 0 Å². The summed E-state index contributed by atoms with van der Waals surface area (Å²) >= 11 is 0. The van der Waals surface area contributed by atoms with Gasteiger partial charge in [-0.25, -0.2) is 0 Å². The van der Waals surface area contributed by atoms with Gasteiger partial charge in [0.05, 0.1) is 6.61 Å². The van der Waals surface area contributed by atoms with Gasteiger partial charge in [-0.15, -0.1) is 0 Å². The topological polar surface area (TPSA) is 26.3 Å². The Balaban J connectivity index is 1.96. The van der Waals surface area contributed by atoms with Crippen LogP contribution in [-0.2, 0) is 9.53 Å². The molecule has 0 aromatic heterocycles. The van der Waals surface area contributed by atoms with E-state index in [-0.39, 0.29) is 5.97 Å². The summed E-state index contributed by atoms with van der Waals surface area (Å²) < 4.78 is 5.02. The fourth-order valence-corrected chi connectivity index (χ4v) is 1.10. The lowest BCUT2D eigenvalue weighted by molar-refractivity contribution is -0.145. The molecule has 1 fully saturated rings. The van der Waals surface area contributed by atoms with Gasteiger partial charge in [0, 0.05) is 6.42 Å². The van der Waals surface area contributed by atoms with Crippen molar-refractivity contribution in [3.8, 4) is 0 Å². The van der Waals surface area contributed by atoms with Crippen molar-refractivity contribution in [3.63, 3.8) is 0 Å². The third kappa shape index (κ3) is 2.91. The Hall–Kier alpha value is -0.530. The van der Waals surface area contributed by atoms with E-state index in [0.29, 0.717) is 18.9 Å². The second-order valence-electron chi connectivity index (χ2n) is 3.09. The van der Waals surface area contributed by atoms with Crippen LogP contribution in [-0.4, -0.2) is 12.6 Å². The Morgan fingerprint density at radius 2 is 2.36 bits per heavy atom. The maximum Gasteiger partial charge on any atom is 0.306 e. The number of esters is 1. The molecule has 0 aromatic carbocycles. The second-order valence-corrected chi connectivity index (χ2v) is 3.09. The molecule has 0 aromatic rings. The minimum Gasteiger partial charge on any atom is -0.465 e. The van der Waals surface area contributed by atoms with E-state index in [1.807, 2.05) is 13.3 Å². The molecule has 2 nitrogen and oxygen atoms in total. The number of hydrogen-bond acceptors (Lipinski definition) is 2. The Morgan fingerprint density at radius 3 is 2.82 bits per heavy atom. The third-order valence-electron chi connectivity index (χ3n) is 2.08. The molecule has 0 aliphatic heterocycles. The molecule has 63 valence electrons. The van der Waals surface area contributed by atoms with Crippen LogP contribution >= 0.6 is 0 Å². The zero-order valence-electron chi connectivity index (χ0n) is 7.01. The van der Waals surface area contributed by atoms with Gasteiger partial charge in [0.1, 0.15) is 0 Å². The average molecular weight is 155 g/mol. The van der Waals surface area contributed by atoms with Crippen LogP contribution < -0.4 is 0 Å². The molecule has 0 bridgehead atoms. The van der Waals surface area contributed by atoms with Crippen LogP contribution in [0.2, 0.25) is 0 Å². The number of ether oxygens (including phenoxy) is 1. The summed E-state index contributed by atoms with van der Waals surface area (Å²) in [4.78, 5) is 10.8. The summed E-state index contributed by atoms with van der Waals surface area (Å²) in [5, 5.41) is 0. The first kappa shape index (κ1) is 8.57. The van der Waals surface area contributed by atoms with Crippen molar-refractivity contribution in [3.05, 3.63) is 6.42 Å². The summed E-state index contributed by atoms with van der Waals surface area (Å²) in [5.74, 6) is 0.579. The average Bonchev–Trinajstić information content (AvgIpc) is 1.85. The highest BCUT2D eigenvalue weighted by Gasteiger charge is 2.18. The first-order chi connectivity index (χ1) is 5.33. The van der Waals surface area contributed by atoms with E-state index in [0.717, 1.165) is 0 Å². The Labute approximate surface area is 67.9 Å². The fourth-order valence-electron chi connectivity index (χ4n) is 1.10. The van der Waals surface area contributed by atoms with E-state index in [9.17, 15) is 4.79 Å². The SMILES string of the molecule is C[CH]CC(=O)OCC1CCC1. The number of carbonyl (C=O) groups is 1. The molecule has 0 heterocycles. The molecule has 11 heavy (non-hydrogen) atoms. The molecule has 0 amide bonds. The molecule has 1 aliphatic carbocycles. The van der Waals surface area contributed by atoms with Crippen molar-refractivity contribution in [1.82, 2.24) is 0 Å². The van der Waals surface area contributed by atoms with E-state index in [1.54, 1.807) is 0 Å². The summed E-state index contributed by atoms with van der Waals surface area (Å²) in [6.07, 6.45) is 6.06. The molecule has 1 aliphatic rings. The summed E-state index contributed by atoms with van der Waals surface area (Å²) in [7, 11) is 0. The summed E-state index contributed by atoms with van der Waals surface area (Å²) in [6, 6.07) is 0. The zero-order valence-corrected chi connectivity index (χ0v) is 7.01. The van der Waals surface area contributed by atoms with Gasteiger partial charge >= 0.3 is 5.97 Å². The van der Waals surface area contributed by atoms with Crippen LogP contribution in [0.3, 0.4) is 0 Å². The zero-order chi connectivity index (χ0) is 8.10. The minimum absolute atomic E-state index is 0.0839. The van der Waals surface area contributed by atoms with Gasteiger partial charge < -0.3 is 4.74 Å². The first-order valence-corrected chi connectivity index (χ1v) is 4.26. The van der Waals surface area contributed by atoms with Crippen LogP contribution in [0.5, 0.6) is 0 Å². The van der Waals surface area contributed by atoms with Crippen molar-refractivity contribution in [1.29, 1.82) is 0 Å². The second kappa shape index (κ2) is 4.37. The lowest BCUT2D eigenvalue weighted by Gasteiger charge is -2.24. The van der Waals surface area contributed by atoms with Gasteiger partial charge in [-0.05, 0) is 25.2 Å². The largest absolute Gasteiger partial charge is 0.465 e. The lowest BCUT2D eigenvalue weighted by Crippen LogP contribution is -2.19. The van der Waals surface area contributed by atoms with E-state index in [2.05, 4.69) is 0 Å². The van der Waals surface area contributed by atoms with Crippen molar-refractivity contribution in [2.75, 3.05) is 6.61 Å². The maximum atomic E-state index is 10.8. The van der Waals surface area contributed by atoms with E-state index < -0.39 is 0 Å². The van der Waals surface area contributed by atoms with E-state index >= 15 is 0 Å². The molecule has 1 rings (SSSR count). The van der Waals surface area contributed by atoms with E-state index in [1.165, 1.54) is 19.3 Å². The maximum absolute atomic E-state index is 10.8. The normalized spacial score (nSPS) is 17.5. The molecule has 1 radical (unpaired) electrons. The molecular formula is C9H15O2. The predicted molar refractivity (Wildman–Crippen MR) is 42.9 cm³/mol. The Kier molecular flexibility index (Phi) is 3.40. The molecule has 0 unspecified atom stereocenters. The van der Waals surface area contributed by atoms with Gasteiger partial charge in [0.25, 0.3) is 0 Å². The minimum atomic E-state index is -0.0839. The summed E-state index contributed by atoms with van der Waals surface area (Å²) in [5.41, 5.74) is 0. The predicted octanol–water partition coefficient (Wildman–Crippen LogP) is 1.94.